The maximum atomic E-state index is 9.83. The molecule has 1 N–H and O–H groups in total. The van der Waals surface area contributed by atoms with Gasteiger partial charge in [0.15, 0.2) is 0 Å². The SMILES string of the molecule is CCCCCCCCCCCCN[C]=O. The van der Waals surface area contributed by atoms with Crippen LogP contribution in [0.3, 0.4) is 0 Å². The van der Waals surface area contributed by atoms with E-state index in [1.54, 1.807) is 6.41 Å². The van der Waals surface area contributed by atoms with E-state index in [0.717, 1.165) is 13.0 Å². The maximum absolute atomic E-state index is 9.83. The minimum atomic E-state index is 0.792. The van der Waals surface area contributed by atoms with Gasteiger partial charge in [-0.1, -0.05) is 64.7 Å². The van der Waals surface area contributed by atoms with Gasteiger partial charge in [-0.2, -0.15) is 0 Å². The fourth-order valence-electron chi connectivity index (χ4n) is 1.75. The molecule has 1 amide bonds. The standard InChI is InChI=1S/C13H26NO/c1-2-3-4-5-6-7-8-9-10-11-12-14-13-15/h2-12H2,1H3,(H,14,15). The quantitative estimate of drug-likeness (QED) is 0.389. The van der Waals surface area contributed by atoms with Gasteiger partial charge in [0.05, 0.1) is 0 Å². The first kappa shape index (κ1) is 14.5. The summed E-state index contributed by atoms with van der Waals surface area (Å²) in [4.78, 5) is 9.83. The van der Waals surface area contributed by atoms with Crippen LogP contribution in [-0.4, -0.2) is 13.0 Å². The fourth-order valence-corrected chi connectivity index (χ4v) is 1.75. The van der Waals surface area contributed by atoms with E-state index >= 15 is 0 Å². The summed E-state index contributed by atoms with van der Waals surface area (Å²) in [6.07, 6.45) is 15.1. The number of hydrogen-bond donors (Lipinski definition) is 1. The molecule has 0 aromatic carbocycles. The molecule has 0 atom stereocenters. The third-order valence-electron chi connectivity index (χ3n) is 2.73. The third-order valence-corrected chi connectivity index (χ3v) is 2.73. The Kier molecular flexibility index (Phi) is 13.0. The lowest BCUT2D eigenvalue weighted by molar-refractivity contribution is 0.531. The minimum absolute atomic E-state index is 0.792. The highest BCUT2D eigenvalue weighted by molar-refractivity contribution is 5.46. The molecule has 0 aliphatic carbocycles. The smallest absolute Gasteiger partial charge is 0.309 e. The maximum Gasteiger partial charge on any atom is 0.309 e. The molecule has 0 aromatic rings. The second-order valence-electron chi connectivity index (χ2n) is 4.21. The van der Waals surface area contributed by atoms with Crippen LogP contribution in [0.5, 0.6) is 0 Å². The van der Waals surface area contributed by atoms with Crippen molar-refractivity contribution >= 4 is 6.41 Å². The second kappa shape index (κ2) is 13.5. The molecular weight excluding hydrogens is 186 g/mol. The van der Waals surface area contributed by atoms with Crippen LogP contribution in [0.4, 0.5) is 0 Å². The second-order valence-corrected chi connectivity index (χ2v) is 4.21. The van der Waals surface area contributed by atoms with Gasteiger partial charge in [-0.15, -0.1) is 0 Å². The van der Waals surface area contributed by atoms with Gasteiger partial charge in [0.2, 0.25) is 0 Å². The Bertz CT molecular complexity index is 126. The molecule has 2 heteroatoms. The van der Waals surface area contributed by atoms with Gasteiger partial charge in [0, 0.05) is 6.54 Å². The molecule has 0 fully saturated rings. The highest BCUT2D eigenvalue weighted by atomic mass is 16.1. The van der Waals surface area contributed by atoms with E-state index in [1.165, 1.54) is 57.8 Å². The van der Waals surface area contributed by atoms with E-state index in [1.807, 2.05) is 0 Å². The Balaban J connectivity index is 2.83. The molecular formula is C13H26NO. The molecule has 0 saturated heterocycles. The first-order chi connectivity index (χ1) is 7.41. The average Bonchev–Trinajstić information content (AvgIpc) is 2.26. The largest absolute Gasteiger partial charge is 0.348 e. The van der Waals surface area contributed by atoms with Crippen LogP contribution in [-0.2, 0) is 4.79 Å². The zero-order chi connectivity index (χ0) is 11.2. The Morgan fingerprint density at radius 3 is 1.73 bits per heavy atom. The zero-order valence-corrected chi connectivity index (χ0v) is 10.2. The highest BCUT2D eigenvalue weighted by Gasteiger charge is 1.92. The van der Waals surface area contributed by atoms with Crippen molar-refractivity contribution in [2.24, 2.45) is 0 Å². The number of amides is 1. The summed E-state index contributed by atoms with van der Waals surface area (Å²) in [7, 11) is 0. The van der Waals surface area contributed by atoms with Crippen LogP contribution in [0.1, 0.15) is 71.1 Å². The predicted molar refractivity (Wildman–Crippen MR) is 65.5 cm³/mol. The molecule has 2 nitrogen and oxygen atoms in total. The van der Waals surface area contributed by atoms with Gasteiger partial charge in [-0.3, -0.25) is 4.79 Å². The van der Waals surface area contributed by atoms with Crippen LogP contribution >= 0.6 is 0 Å². The summed E-state index contributed by atoms with van der Waals surface area (Å²) in [5.74, 6) is 0. The van der Waals surface area contributed by atoms with Crippen molar-refractivity contribution in [3.8, 4) is 0 Å². The van der Waals surface area contributed by atoms with Gasteiger partial charge in [-0.25, -0.2) is 0 Å². The fraction of sp³-hybridized carbons (Fsp3) is 0.923. The summed E-state index contributed by atoms with van der Waals surface area (Å²) in [6.45, 7) is 3.05. The monoisotopic (exact) mass is 212 g/mol. The predicted octanol–water partition coefficient (Wildman–Crippen LogP) is 3.56. The Hall–Kier alpha value is -0.530. The Morgan fingerprint density at radius 2 is 1.27 bits per heavy atom. The average molecular weight is 212 g/mol. The first-order valence-electron chi connectivity index (χ1n) is 6.51. The van der Waals surface area contributed by atoms with Crippen molar-refractivity contribution < 1.29 is 4.79 Å². The lowest BCUT2D eigenvalue weighted by atomic mass is 10.1. The molecule has 0 aliphatic rings. The summed E-state index contributed by atoms with van der Waals surface area (Å²) in [6, 6.07) is 0. The summed E-state index contributed by atoms with van der Waals surface area (Å²) in [5, 5.41) is 2.57. The molecule has 0 aliphatic heterocycles. The number of rotatable bonds is 12. The van der Waals surface area contributed by atoms with E-state index in [2.05, 4.69) is 12.2 Å². The van der Waals surface area contributed by atoms with Gasteiger partial charge in [0.1, 0.15) is 0 Å². The molecule has 0 unspecified atom stereocenters. The van der Waals surface area contributed by atoms with Crippen molar-refractivity contribution in [3.05, 3.63) is 0 Å². The number of carbonyl (C=O) groups excluding carboxylic acids is 1. The number of unbranched alkanes of at least 4 members (excludes halogenated alkanes) is 9. The van der Waals surface area contributed by atoms with Crippen molar-refractivity contribution in [2.45, 2.75) is 71.1 Å². The van der Waals surface area contributed by atoms with Crippen molar-refractivity contribution in [3.63, 3.8) is 0 Å². The van der Waals surface area contributed by atoms with E-state index < -0.39 is 0 Å². The van der Waals surface area contributed by atoms with Crippen LogP contribution in [0, 0.1) is 0 Å². The van der Waals surface area contributed by atoms with Crippen LogP contribution in [0.2, 0.25) is 0 Å². The van der Waals surface area contributed by atoms with Crippen molar-refractivity contribution in [1.82, 2.24) is 5.32 Å². The molecule has 89 valence electrons. The van der Waals surface area contributed by atoms with Crippen molar-refractivity contribution in [2.75, 3.05) is 6.54 Å². The van der Waals surface area contributed by atoms with Crippen LogP contribution in [0.25, 0.3) is 0 Å². The van der Waals surface area contributed by atoms with Gasteiger partial charge >= 0.3 is 6.41 Å². The number of hydrogen-bond acceptors (Lipinski definition) is 1. The summed E-state index contributed by atoms with van der Waals surface area (Å²) < 4.78 is 0. The molecule has 1 radical (unpaired) electrons. The summed E-state index contributed by atoms with van der Waals surface area (Å²) >= 11 is 0. The molecule has 0 saturated carbocycles. The third kappa shape index (κ3) is 13.5. The summed E-state index contributed by atoms with van der Waals surface area (Å²) in [5.41, 5.74) is 0. The van der Waals surface area contributed by atoms with E-state index in [9.17, 15) is 4.79 Å². The topological polar surface area (TPSA) is 29.1 Å². The Labute approximate surface area is 94.8 Å². The Morgan fingerprint density at radius 1 is 0.800 bits per heavy atom. The highest BCUT2D eigenvalue weighted by Crippen LogP contribution is 2.09. The van der Waals surface area contributed by atoms with E-state index in [0.29, 0.717) is 0 Å². The van der Waals surface area contributed by atoms with Gasteiger partial charge < -0.3 is 5.32 Å². The van der Waals surface area contributed by atoms with Crippen LogP contribution < -0.4 is 5.32 Å². The first-order valence-corrected chi connectivity index (χ1v) is 6.51. The zero-order valence-electron chi connectivity index (χ0n) is 10.2. The van der Waals surface area contributed by atoms with Crippen LogP contribution in [0.15, 0.2) is 0 Å². The molecule has 0 spiro atoms. The van der Waals surface area contributed by atoms with Gasteiger partial charge in [0.25, 0.3) is 0 Å². The van der Waals surface area contributed by atoms with E-state index in [4.69, 9.17) is 0 Å². The lowest BCUT2D eigenvalue weighted by Gasteiger charge is -2.01. The van der Waals surface area contributed by atoms with Gasteiger partial charge in [-0.05, 0) is 6.42 Å². The molecule has 15 heavy (non-hydrogen) atoms. The molecule has 0 bridgehead atoms. The minimum Gasteiger partial charge on any atom is -0.348 e. The normalized spacial score (nSPS) is 10.2. The lowest BCUT2D eigenvalue weighted by Crippen LogP contribution is -2.11. The van der Waals surface area contributed by atoms with Crippen molar-refractivity contribution in [1.29, 1.82) is 0 Å². The molecule has 0 rings (SSSR count). The van der Waals surface area contributed by atoms with E-state index in [-0.39, 0.29) is 0 Å². The number of nitrogens with one attached hydrogen (secondary N) is 1. The molecule has 0 aromatic heterocycles. The molecule has 0 heterocycles.